The van der Waals surface area contributed by atoms with E-state index < -0.39 is 0 Å². The summed E-state index contributed by atoms with van der Waals surface area (Å²) in [6, 6.07) is 5.67. The highest BCUT2D eigenvalue weighted by atomic mass is 16.5. The lowest BCUT2D eigenvalue weighted by molar-refractivity contribution is 0.0380. The SMILES string of the molecule is CC(C)Oc1cccc(NC2(CO)CCOCC2)c1N. The Morgan fingerprint density at radius 1 is 1.40 bits per heavy atom. The van der Waals surface area contributed by atoms with Crippen molar-refractivity contribution >= 4 is 11.4 Å². The van der Waals surface area contributed by atoms with Crippen molar-refractivity contribution in [1.82, 2.24) is 0 Å². The maximum Gasteiger partial charge on any atom is 0.144 e. The molecule has 1 aliphatic heterocycles. The smallest absolute Gasteiger partial charge is 0.144 e. The molecule has 0 radical (unpaired) electrons. The quantitative estimate of drug-likeness (QED) is 0.719. The van der Waals surface area contributed by atoms with Crippen LogP contribution in [0.5, 0.6) is 5.75 Å². The third kappa shape index (κ3) is 3.35. The van der Waals surface area contributed by atoms with E-state index in [-0.39, 0.29) is 18.2 Å². The van der Waals surface area contributed by atoms with Crippen LogP contribution < -0.4 is 15.8 Å². The number of ether oxygens (including phenoxy) is 2. The first-order valence-corrected chi connectivity index (χ1v) is 7.08. The topological polar surface area (TPSA) is 76.7 Å². The van der Waals surface area contributed by atoms with E-state index in [1.165, 1.54) is 0 Å². The molecule has 0 unspecified atom stereocenters. The summed E-state index contributed by atoms with van der Waals surface area (Å²) >= 11 is 0. The van der Waals surface area contributed by atoms with Crippen molar-refractivity contribution in [2.75, 3.05) is 30.9 Å². The largest absolute Gasteiger partial charge is 0.489 e. The molecule has 1 fully saturated rings. The Morgan fingerprint density at radius 2 is 2.10 bits per heavy atom. The molecule has 0 spiro atoms. The lowest BCUT2D eigenvalue weighted by Gasteiger charge is -2.37. The molecule has 5 heteroatoms. The highest BCUT2D eigenvalue weighted by Gasteiger charge is 2.32. The Kier molecular flexibility index (Phi) is 4.73. The van der Waals surface area contributed by atoms with Gasteiger partial charge in [0.25, 0.3) is 0 Å². The lowest BCUT2D eigenvalue weighted by Crippen LogP contribution is -2.47. The van der Waals surface area contributed by atoms with Crippen molar-refractivity contribution in [3.8, 4) is 5.75 Å². The fourth-order valence-corrected chi connectivity index (χ4v) is 2.38. The summed E-state index contributed by atoms with van der Waals surface area (Å²) in [5, 5.41) is 13.1. The van der Waals surface area contributed by atoms with Gasteiger partial charge in [-0.1, -0.05) is 6.07 Å². The van der Waals surface area contributed by atoms with Gasteiger partial charge in [0.1, 0.15) is 5.75 Å². The summed E-state index contributed by atoms with van der Waals surface area (Å²) in [7, 11) is 0. The molecular formula is C15H24N2O3. The van der Waals surface area contributed by atoms with E-state index >= 15 is 0 Å². The van der Waals surface area contributed by atoms with E-state index in [1.54, 1.807) is 0 Å². The minimum absolute atomic E-state index is 0.0606. The van der Waals surface area contributed by atoms with E-state index in [9.17, 15) is 5.11 Å². The predicted molar refractivity (Wildman–Crippen MR) is 80.1 cm³/mol. The van der Waals surface area contributed by atoms with E-state index in [2.05, 4.69) is 5.32 Å². The first-order valence-electron chi connectivity index (χ1n) is 7.08. The zero-order valence-corrected chi connectivity index (χ0v) is 12.2. The molecule has 1 saturated heterocycles. The number of nitrogen functional groups attached to an aromatic ring is 1. The minimum atomic E-state index is -0.358. The summed E-state index contributed by atoms with van der Waals surface area (Å²) in [5.41, 5.74) is 7.19. The van der Waals surface area contributed by atoms with Crippen molar-refractivity contribution < 1.29 is 14.6 Å². The van der Waals surface area contributed by atoms with Crippen LogP contribution in [0.1, 0.15) is 26.7 Å². The van der Waals surface area contributed by atoms with Crippen molar-refractivity contribution in [2.24, 2.45) is 0 Å². The van der Waals surface area contributed by atoms with Gasteiger partial charge in [-0.3, -0.25) is 0 Å². The number of anilines is 2. The molecule has 5 nitrogen and oxygen atoms in total. The molecule has 0 atom stereocenters. The molecule has 4 N–H and O–H groups in total. The molecule has 1 aromatic carbocycles. The van der Waals surface area contributed by atoms with Crippen LogP contribution in [0.15, 0.2) is 18.2 Å². The average molecular weight is 280 g/mol. The summed E-state index contributed by atoms with van der Waals surface area (Å²) in [5.74, 6) is 0.671. The van der Waals surface area contributed by atoms with Crippen LogP contribution in [-0.4, -0.2) is 36.6 Å². The molecule has 20 heavy (non-hydrogen) atoms. The molecule has 0 aromatic heterocycles. The van der Waals surface area contributed by atoms with Crippen LogP contribution in [0.4, 0.5) is 11.4 Å². The molecule has 0 saturated carbocycles. The molecule has 112 valence electrons. The zero-order chi connectivity index (χ0) is 14.6. The second kappa shape index (κ2) is 6.33. The first kappa shape index (κ1) is 14.9. The van der Waals surface area contributed by atoms with Crippen LogP contribution >= 0.6 is 0 Å². The minimum Gasteiger partial charge on any atom is -0.489 e. The molecule has 2 rings (SSSR count). The average Bonchev–Trinajstić information content (AvgIpc) is 2.44. The maximum absolute atomic E-state index is 9.72. The maximum atomic E-state index is 9.72. The highest BCUT2D eigenvalue weighted by Crippen LogP contribution is 2.34. The van der Waals surface area contributed by atoms with E-state index in [0.29, 0.717) is 24.7 Å². The first-order chi connectivity index (χ1) is 9.56. The van der Waals surface area contributed by atoms with Gasteiger partial charge in [0.2, 0.25) is 0 Å². The summed E-state index contributed by atoms with van der Waals surface area (Å²) in [6.07, 6.45) is 1.60. The second-order valence-electron chi connectivity index (χ2n) is 5.56. The Labute approximate surface area is 120 Å². The van der Waals surface area contributed by atoms with Gasteiger partial charge in [0, 0.05) is 13.2 Å². The number of aliphatic hydroxyl groups excluding tert-OH is 1. The lowest BCUT2D eigenvalue weighted by atomic mass is 9.90. The van der Waals surface area contributed by atoms with Crippen LogP contribution in [0, 0.1) is 0 Å². The molecule has 1 aliphatic rings. The molecule has 0 bridgehead atoms. The van der Waals surface area contributed by atoms with Gasteiger partial charge in [-0.2, -0.15) is 0 Å². The molecule has 0 amide bonds. The summed E-state index contributed by atoms with van der Waals surface area (Å²) in [6.45, 7) is 5.29. The highest BCUT2D eigenvalue weighted by molar-refractivity contribution is 5.73. The number of nitrogens with two attached hydrogens (primary N) is 1. The van der Waals surface area contributed by atoms with E-state index in [0.717, 1.165) is 18.5 Å². The number of aliphatic hydroxyl groups is 1. The van der Waals surface area contributed by atoms with Gasteiger partial charge in [-0.15, -0.1) is 0 Å². The Balaban J connectivity index is 2.19. The van der Waals surface area contributed by atoms with Gasteiger partial charge >= 0.3 is 0 Å². The van der Waals surface area contributed by atoms with Gasteiger partial charge in [0.15, 0.2) is 0 Å². The molecule has 1 heterocycles. The number of nitrogens with one attached hydrogen (secondary N) is 1. The number of benzene rings is 1. The summed E-state index contributed by atoms with van der Waals surface area (Å²) < 4.78 is 11.1. The fourth-order valence-electron chi connectivity index (χ4n) is 2.38. The van der Waals surface area contributed by atoms with Crippen molar-refractivity contribution in [2.45, 2.75) is 38.3 Å². The van der Waals surface area contributed by atoms with Gasteiger partial charge in [0.05, 0.1) is 29.6 Å². The van der Waals surface area contributed by atoms with Crippen LogP contribution in [0.3, 0.4) is 0 Å². The van der Waals surface area contributed by atoms with Gasteiger partial charge < -0.3 is 25.6 Å². The van der Waals surface area contributed by atoms with E-state index in [1.807, 2.05) is 32.0 Å². The molecular weight excluding hydrogens is 256 g/mol. The third-order valence-corrected chi connectivity index (χ3v) is 3.58. The Morgan fingerprint density at radius 3 is 2.70 bits per heavy atom. The molecule has 0 aliphatic carbocycles. The van der Waals surface area contributed by atoms with Gasteiger partial charge in [-0.05, 0) is 38.8 Å². The molecule has 1 aromatic rings. The van der Waals surface area contributed by atoms with E-state index in [4.69, 9.17) is 15.2 Å². The predicted octanol–water partition coefficient (Wildman–Crippen LogP) is 2.01. The Bertz CT molecular complexity index is 443. The standard InChI is InChI=1S/C15H24N2O3/c1-11(2)20-13-5-3-4-12(14(13)16)17-15(10-18)6-8-19-9-7-15/h3-5,11,17-18H,6-10,16H2,1-2H3. The van der Waals surface area contributed by atoms with Crippen molar-refractivity contribution in [1.29, 1.82) is 0 Å². The second-order valence-corrected chi connectivity index (χ2v) is 5.56. The number of rotatable bonds is 5. The Hall–Kier alpha value is -1.46. The monoisotopic (exact) mass is 280 g/mol. The fraction of sp³-hybridized carbons (Fsp3) is 0.600. The summed E-state index contributed by atoms with van der Waals surface area (Å²) in [4.78, 5) is 0. The van der Waals surface area contributed by atoms with Gasteiger partial charge in [-0.25, -0.2) is 0 Å². The number of hydrogen-bond acceptors (Lipinski definition) is 5. The van der Waals surface area contributed by atoms with Crippen molar-refractivity contribution in [3.63, 3.8) is 0 Å². The van der Waals surface area contributed by atoms with Crippen LogP contribution in [0.25, 0.3) is 0 Å². The van der Waals surface area contributed by atoms with Crippen molar-refractivity contribution in [3.05, 3.63) is 18.2 Å². The third-order valence-electron chi connectivity index (χ3n) is 3.58. The number of para-hydroxylation sites is 1. The normalized spacial score (nSPS) is 18.0. The van der Waals surface area contributed by atoms with Crippen LogP contribution in [0.2, 0.25) is 0 Å². The number of hydrogen-bond donors (Lipinski definition) is 3. The zero-order valence-electron chi connectivity index (χ0n) is 12.2. The van der Waals surface area contributed by atoms with Crippen LogP contribution in [-0.2, 0) is 4.74 Å².